The fraction of sp³-hybridized carbons (Fsp3) is 0.769. The molecule has 2 aliphatic rings. The molecule has 0 aromatic heterocycles. The Balaban J connectivity index is 1.93. The fourth-order valence-electron chi connectivity index (χ4n) is 6.55. The van der Waals surface area contributed by atoms with E-state index in [9.17, 15) is 0 Å². The van der Waals surface area contributed by atoms with Crippen molar-refractivity contribution < 1.29 is 0 Å². The summed E-state index contributed by atoms with van der Waals surface area (Å²) in [6.45, 7) is 20.6. The molecule has 170 valence electrons. The summed E-state index contributed by atoms with van der Waals surface area (Å²) in [6, 6.07) is 10.1. The number of nitrogens with zero attached hydrogens (tertiary/aromatic N) is 1. The van der Waals surface area contributed by atoms with E-state index in [-0.39, 0.29) is 22.2 Å². The van der Waals surface area contributed by atoms with Crippen LogP contribution in [0.1, 0.15) is 92.2 Å². The third-order valence-corrected chi connectivity index (χ3v) is 6.90. The quantitative estimate of drug-likeness (QED) is 0.661. The van der Waals surface area contributed by atoms with Gasteiger partial charge < -0.3 is 16.4 Å². The molecule has 0 atom stereocenters. The number of rotatable bonds is 5. The summed E-state index contributed by atoms with van der Waals surface area (Å²) in [5.41, 5.74) is 9.02. The molecule has 0 bridgehead atoms. The van der Waals surface area contributed by atoms with Crippen molar-refractivity contribution in [2.24, 2.45) is 5.73 Å². The third kappa shape index (κ3) is 6.06. The Labute approximate surface area is 185 Å². The zero-order valence-electron chi connectivity index (χ0n) is 20.7. The molecule has 0 unspecified atom stereocenters. The molecule has 4 nitrogen and oxygen atoms in total. The Morgan fingerprint density at radius 1 is 0.700 bits per heavy atom. The molecule has 4 heteroatoms. The number of hydrogen-bond acceptors (Lipinski definition) is 4. The number of piperidine rings is 2. The van der Waals surface area contributed by atoms with Crippen LogP contribution < -0.4 is 16.4 Å². The van der Waals surface area contributed by atoms with Crippen LogP contribution in [-0.2, 0) is 13.1 Å². The molecular weight excluding hydrogens is 368 g/mol. The lowest BCUT2D eigenvalue weighted by molar-refractivity contribution is -0.00727. The summed E-state index contributed by atoms with van der Waals surface area (Å²) in [6.07, 6.45) is 4.73. The first-order chi connectivity index (χ1) is 13.7. The largest absolute Gasteiger partial charge is 0.326 e. The smallest absolute Gasteiger partial charge is 0.0239 e. The molecule has 1 aromatic carbocycles. The van der Waals surface area contributed by atoms with Crippen LogP contribution in [0.2, 0.25) is 0 Å². The Morgan fingerprint density at radius 3 is 1.37 bits per heavy atom. The van der Waals surface area contributed by atoms with Crippen molar-refractivity contribution >= 4 is 0 Å². The minimum Gasteiger partial charge on any atom is -0.326 e. The van der Waals surface area contributed by atoms with Crippen LogP contribution >= 0.6 is 0 Å². The predicted octanol–water partition coefficient (Wildman–Crippen LogP) is 4.57. The van der Waals surface area contributed by atoms with Gasteiger partial charge in [0, 0.05) is 47.3 Å². The van der Waals surface area contributed by atoms with Crippen molar-refractivity contribution in [3.8, 4) is 0 Å². The highest BCUT2D eigenvalue weighted by Gasteiger charge is 2.45. The van der Waals surface area contributed by atoms with Crippen LogP contribution in [-0.4, -0.2) is 39.1 Å². The number of nitrogens with one attached hydrogen (secondary N) is 2. The molecule has 0 spiro atoms. The zero-order valence-corrected chi connectivity index (χ0v) is 20.7. The average Bonchev–Trinajstić information content (AvgIpc) is 2.54. The maximum Gasteiger partial charge on any atom is 0.0239 e. The Bertz CT molecular complexity index is 647. The Kier molecular flexibility index (Phi) is 6.48. The molecule has 2 saturated heterocycles. The van der Waals surface area contributed by atoms with E-state index in [0.29, 0.717) is 18.6 Å². The first-order valence-electron chi connectivity index (χ1n) is 11.8. The molecule has 30 heavy (non-hydrogen) atoms. The number of benzene rings is 1. The fourth-order valence-corrected chi connectivity index (χ4v) is 6.55. The highest BCUT2D eigenvalue weighted by Crippen LogP contribution is 2.38. The van der Waals surface area contributed by atoms with Crippen LogP contribution in [0.3, 0.4) is 0 Å². The summed E-state index contributed by atoms with van der Waals surface area (Å²) < 4.78 is 0. The van der Waals surface area contributed by atoms with Crippen LogP contribution in [0.15, 0.2) is 24.3 Å². The third-order valence-electron chi connectivity index (χ3n) is 6.90. The number of hydrogen-bond donors (Lipinski definition) is 3. The molecule has 2 aliphatic heterocycles. The highest BCUT2D eigenvalue weighted by molar-refractivity contribution is 5.23. The lowest BCUT2D eigenvalue weighted by Crippen LogP contribution is -2.66. The van der Waals surface area contributed by atoms with E-state index in [1.165, 1.54) is 36.8 Å². The topological polar surface area (TPSA) is 53.3 Å². The summed E-state index contributed by atoms with van der Waals surface area (Å²) in [5.74, 6) is 0. The van der Waals surface area contributed by atoms with E-state index >= 15 is 0 Å². The molecule has 0 amide bonds. The number of nitrogens with two attached hydrogens (primary N) is 1. The monoisotopic (exact) mass is 414 g/mol. The summed E-state index contributed by atoms with van der Waals surface area (Å²) >= 11 is 0. The van der Waals surface area contributed by atoms with Crippen LogP contribution in [0.4, 0.5) is 0 Å². The molecule has 2 fully saturated rings. The lowest BCUT2D eigenvalue weighted by Gasteiger charge is -2.55. The van der Waals surface area contributed by atoms with Crippen molar-refractivity contribution in [1.82, 2.24) is 15.5 Å². The Morgan fingerprint density at radius 2 is 1.03 bits per heavy atom. The predicted molar refractivity (Wildman–Crippen MR) is 129 cm³/mol. The van der Waals surface area contributed by atoms with Crippen molar-refractivity contribution in [2.75, 3.05) is 0 Å². The lowest BCUT2D eigenvalue weighted by atomic mass is 9.75. The van der Waals surface area contributed by atoms with Crippen molar-refractivity contribution in [3.63, 3.8) is 0 Å². The first-order valence-corrected chi connectivity index (χ1v) is 11.8. The second kappa shape index (κ2) is 8.20. The normalized spacial score (nSPS) is 26.1. The maximum atomic E-state index is 5.83. The Hall–Kier alpha value is -0.940. The highest BCUT2D eigenvalue weighted by atomic mass is 15.2. The van der Waals surface area contributed by atoms with E-state index in [1.54, 1.807) is 0 Å². The van der Waals surface area contributed by atoms with E-state index in [4.69, 9.17) is 5.73 Å². The van der Waals surface area contributed by atoms with Gasteiger partial charge in [0.15, 0.2) is 0 Å². The van der Waals surface area contributed by atoms with Crippen LogP contribution in [0.5, 0.6) is 0 Å². The molecule has 2 heterocycles. The summed E-state index contributed by atoms with van der Waals surface area (Å²) in [5, 5.41) is 7.76. The van der Waals surface area contributed by atoms with Crippen molar-refractivity contribution in [3.05, 3.63) is 35.4 Å². The minimum absolute atomic E-state index is 0.145. The van der Waals surface area contributed by atoms with E-state index < -0.39 is 0 Å². The van der Waals surface area contributed by atoms with E-state index in [2.05, 4.69) is 95.2 Å². The van der Waals surface area contributed by atoms with Gasteiger partial charge in [-0.1, -0.05) is 24.3 Å². The molecule has 0 aliphatic carbocycles. The van der Waals surface area contributed by atoms with Gasteiger partial charge in [-0.25, -0.2) is 0 Å². The van der Waals surface area contributed by atoms with E-state index in [1.807, 2.05) is 0 Å². The van der Waals surface area contributed by atoms with Gasteiger partial charge in [0.1, 0.15) is 0 Å². The zero-order chi connectivity index (χ0) is 22.4. The second-order valence-corrected chi connectivity index (χ2v) is 12.6. The van der Waals surface area contributed by atoms with Crippen LogP contribution in [0.25, 0.3) is 0 Å². The first kappa shape index (κ1) is 23.7. The standard InChI is InChI=1S/C26H46N4/c1-23(2)13-21(14-24(3,4)28-23)30(18-20-11-9-19(17-27)10-12-20)22-15-25(5,6)29-26(7,8)16-22/h9-12,21-22,28-29H,13-18,27H2,1-8H3. The summed E-state index contributed by atoms with van der Waals surface area (Å²) in [7, 11) is 0. The van der Waals surface area contributed by atoms with Gasteiger partial charge in [-0.3, -0.25) is 4.90 Å². The second-order valence-electron chi connectivity index (χ2n) is 12.6. The van der Waals surface area contributed by atoms with Gasteiger partial charge in [0.2, 0.25) is 0 Å². The SMILES string of the molecule is CC1(C)CC(N(Cc2ccc(CN)cc2)C2CC(C)(C)NC(C)(C)C2)CC(C)(C)N1. The molecule has 3 rings (SSSR count). The van der Waals surface area contributed by atoms with Gasteiger partial charge in [-0.05, 0) is 92.2 Å². The molecular formula is C26H46N4. The summed E-state index contributed by atoms with van der Waals surface area (Å²) in [4.78, 5) is 2.85. The average molecular weight is 415 g/mol. The van der Waals surface area contributed by atoms with E-state index in [0.717, 1.165) is 6.54 Å². The van der Waals surface area contributed by atoms with Gasteiger partial charge in [-0.15, -0.1) is 0 Å². The molecule has 4 N–H and O–H groups in total. The minimum atomic E-state index is 0.145. The van der Waals surface area contributed by atoms with Crippen molar-refractivity contribution in [2.45, 2.75) is 128 Å². The van der Waals surface area contributed by atoms with Crippen LogP contribution in [0, 0.1) is 0 Å². The van der Waals surface area contributed by atoms with Gasteiger partial charge in [-0.2, -0.15) is 0 Å². The van der Waals surface area contributed by atoms with Gasteiger partial charge in [0.25, 0.3) is 0 Å². The maximum absolute atomic E-state index is 5.83. The molecule has 0 radical (unpaired) electrons. The molecule has 1 aromatic rings. The van der Waals surface area contributed by atoms with Gasteiger partial charge in [0.05, 0.1) is 0 Å². The van der Waals surface area contributed by atoms with Crippen molar-refractivity contribution in [1.29, 1.82) is 0 Å². The van der Waals surface area contributed by atoms with Gasteiger partial charge >= 0.3 is 0 Å². The molecule has 0 saturated carbocycles.